The maximum atomic E-state index is 14.1. The number of rotatable bonds is 11. The minimum absolute atomic E-state index is 0.149. The van der Waals surface area contributed by atoms with Crippen molar-refractivity contribution in [2.45, 2.75) is 64.1 Å². The molecule has 0 aliphatic heterocycles. The second kappa shape index (κ2) is 13.2. The molecule has 0 heterocycles. The van der Waals surface area contributed by atoms with E-state index in [0.717, 1.165) is 31.4 Å². The average Bonchev–Trinajstić information content (AvgIpc) is 2.89. The lowest BCUT2D eigenvalue weighted by molar-refractivity contribution is -0.157. The molecule has 9 heteroatoms. The van der Waals surface area contributed by atoms with E-state index in [1.165, 1.54) is 19.2 Å². The van der Waals surface area contributed by atoms with Crippen molar-refractivity contribution in [2.75, 3.05) is 13.7 Å². The van der Waals surface area contributed by atoms with E-state index < -0.39 is 35.3 Å². The molecule has 0 spiro atoms. The number of halogens is 3. The standard InChI is InChI=1S/C27H31F3O6/c1-3-4-5-22(28)27(32)36-19-8-6-17(7-9-19)16-34-18-10-12-20(13-11-18)35-26(31)21-14-15-23(33-2)25(30)24(21)29/h10-15,17,19,22H,3-9,16H2,1-2H3/t17?,19?,22-/m0/s1. The van der Waals surface area contributed by atoms with Crippen LogP contribution in [0.4, 0.5) is 13.2 Å². The van der Waals surface area contributed by atoms with Crippen molar-refractivity contribution in [2.24, 2.45) is 5.92 Å². The summed E-state index contributed by atoms with van der Waals surface area (Å²) in [6, 6.07) is 8.45. The molecule has 0 saturated heterocycles. The van der Waals surface area contributed by atoms with Crippen molar-refractivity contribution in [1.82, 2.24) is 0 Å². The number of unbranched alkanes of at least 4 members (excludes halogenated alkanes) is 1. The third-order valence-electron chi connectivity index (χ3n) is 6.15. The van der Waals surface area contributed by atoms with Gasteiger partial charge in [-0.3, -0.25) is 0 Å². The van der Waals surface area contributed by atoms with Gasteiger partial charge in [-0.1, -0.05) is 19.8 Å². The third kappa shape index (κ3) is 7.38. The molecule has 6 nitrogen and oxygen atoms in total. The van der Waals surface area contributed by atoms with Gasteiger partial charge in [0.25, 0.3) is 0 Å². The Morgan fingerprint density at radius 1 is 0.972 bits per heavy atom. The Morgan fingerprint density at radius 2 is 1.64 bits per heavy atom. The van der Waals surface area contributed by atoms with E-state index in [1.54, 1.807) is 12.1 Å². The fourth-order valence-electron chi connectivity index (χ4n) is 3.98. The van der Waals surface area contributed by atoms with Gasteiger partial charge in [-0.05, 0) is 74.4 Å². The van der Waals surface area contributed by atoms with E-state index in [1.807, 2.05) is 6.92 Å². The molecular weight excluding hydrogens is 477 g/mol. The van der Waals surface area contributed by atoms with Crippen LogP contribution in [0.2, 0.25) is 0 Å². The Labute approximate surface area is 208 Å². The van der Waals surface area contributed by atoms with Gasteiger partial charge < -0.3 is 18.9 Å². The first kappa shape index (κ1) is 27.4. The monoisotopic (exact) mass is 508 g/mol. The molecule has 196 valence electrons. The Kier molecular flexibility index (Phi) is 10.0. The van der Waals surface area contributed by atoms with Gasteiger partial charge >= 0.3 is 11.9 Å². The Bertz CT molecular complexity index is 1020. The highest BCUT2D eigenvalue weighted by molar-refractivity contribution is 5.91. The second-order valence-corrected chi connectivity index (χ2v) is 8.80. The third-order valence-corrected chi connectivity index (χ3v) is 6.15. The number of alkyl halides is 1. The highest BCUT2D eigenvalue weighted by Gasteiger charge is 2.27. The lowest BCUT2D eigenvalue weighted by Gasteiger charge is -2.28. The van der Waals surface area contributed by atoms with Crippen molar-refractivity contribution in [1.29, 1.82) is 0 Å². The molecule has 0 N–H and O–H groups in total. The number of carbonyl (C=O) groups is 2. The lowest BCUT2D eigenvalue weighted by Crippen LogP contribution is -2.30. The highest BCUT2D eigenvalue weighted by atomic mass is 19.2. The summed E-state index contributed by atoms with van der Waals surface area (Å²) < 4.78 is 62.7. The van der Waals surface area contributed by atoms with Crippen LogP contribution in [0.1, 0.15) is 62.2 Å². The van der Waals surface area contributed by atoms with Crippen molar-refractivity contribution < 1.29 is 41.7 Å². The fourth-order valence-corrected chi connectivity index (χ4v) is 3.98. The summed E-state index contributed by atoms with van der Waals surface area (Å²) >= 11 is 0. The maximum Gasteiger partial charge on any atom is 0.346 e. The number of benzene rings is 2. The Morgan fingerprint density at radius 3 is 2.28 bits per heavy atom. The summed E-state index contributed by atoms with van der Waals surface area (Å²) in [7, 11) is 1.19. The first-order valence-corrected chi connectivity index (χ1v) is 12.1. The Hall–Kier alpha value is -3.23. The predicted octanol–water partition coefficient (Wildman–Crippen LogP) is 6.20. The minimum atomic E-state index is -1.55. The molecule has 2 aromatic rings. The summed E-state index contributed by atoms with van der Waals surface area (Å²) in [4.78, 5) is 24.1. The highest BCUT2D eigenvalue weighted by Crippen LogP contribution is 2.29. The van der Waals surface area contributed by atoms with Crippen LogP contribution in [0.15, 0.2) is 36.4 Å². The largest absolute Gasteiger partial charge is 0.494 e. The number of carbonyl (C=O) groups excluding carboxylic acids is 2. The van der Waals surface area contributed by atoms with Crippen LogP contribution >= 0.6 is 0 Å². The minimum Gasteiger partial charge on any atom is -0.494 e. The van der Waals surface area contributed by atoms with Crippen molar-refractivity contribution >= 4 is 11.9 Å². The lowest BCUT2D eigenvalue weighted by atomic mass is 9.88. The molecule has 1 aliphatic carbocycles. The molecular formula is C27H31F3O6. The summed E-state index contributed by atoms with van der Waals surface area (Å²) in [5.74, 6) is -3.74. The number of esters is 2. The van der Waals surface area contributed by atoms with Crippen LogP contribution in [0, 0.1) is 17.6 Å². The molecule has 0 aromatic heterocycles. The van der Waals surface area contributed by atoms with Gasteiger partial charge in [0.2, 0.25) is 5.82 Å². The molecule has 1 saturated carbocycles. The summed E-state index contributed by atoms with van der Waals surface area (Å²) in [6.45, 7) is 2.40. The second-order valence-electron chi connectivity index (χ2n) is 8.80. The molecule has 1 fully saturated rings. The van der Waals surface area contributed by atoms with Gasteiger partial charge in [0, 0.05) is 0 Å². The van der Waals surface area contributed by atoms with Crippen LogP contribution in [0.25, 0.3) is 0 Å². The van der Waals surface area contributed by atoms with Gasteiger partial charge in [0.05, 0.1) is 19.3 Å². The fraction of sp³-hybridized carbons (Fsp3) is 0.481. The predicted molar refractivity (Wildman–Crippen MR) is 126 cm³/mol. The van der Waals surface area contributed by atoms with Gasteiger partial charge in [-0.25, -0.2) is 18.4 Å². The number of methoxy groups -OCH3 is 1. The normalized spacial score (nSPS) is 18.2. The van der Waals surface area contributed by atoms with E-state index in [4.69, 9.17) is 14.2 Å². The Balaban J connectivity index is 1.42. The first-order valence-electron chi connectivity index (χ1n) is 12.1. The quantitative estimate of drug-likeness (QED) is 0.266. The van der Waals surface area contributed by atoms with Crippen molar-refractivity contribution in [3.05, 3.63) is 53.6 Å². The van der Waals surface area contributed by atoms with Crippen LogP contribution in [0.3, 0.4) is 0 Å². The molecule has 0 radical (unpaired) electrons. The zero-order valence-corrected chi connectivity index (χ0v) is 20.4. The molecule has 2 aromatic carbocycles. The summed E-state index contributed by atoms with van der Waals surface area (Å²) in [5.41, 5.74) is -0.544. The smallest absolute Gasteiger partial charge is 0.346 e. The van der Waals surface area contributed by atoms with E-state index >= 15 is 0 Å². The van der Waals surface area contributed by atoms with Gasteiger partial charge in [-0.2, -0.15) is 4.39 Å². The zero-order valence-electron chi connectivity index (χ0n) is 20.4. The SMILES string of the molecule is CCCC[C@H](F)C(=O)OC1CCC(COc2ccc(OC(=O)c3ccc(OC)c(F)c3F)cc2)CC1. The maximum absolute atomic E-state index is 14.1. The van der Waals surface area contributed by atoms with Crippen LogP contribution in [-0.2, 0) is 9.53 Å². The van der Waals surface area contributed by atoms with Crippen LogP contribution in [0.5, 0.6) is 17.2 Å². The molecule has 0 amide bonds. The first-order chi connectivity index (χ1) is 17.3. The topological polar surface area (TPSA) is 71.1 Å². The molecule has 1 aliphatic rings. The van der Waals surface area contributed by atoms with E-state index in [2.05, 4.69) is 4.74 Å². The molecule has 0 bridgehead atoms. The molecule has 1 atom stereocenters. The van der Waals surface area contributed by atoms with Crippen molar-refractivity contribution in [3.63, 3.8) is 0 Å². The molecule has 3 rings (SSSR count). The van der Waals surface area contributed by atoms with E-state index in [0.29, 0.717) is 31.6 Å². The van der Waals surface area contributed by atoms with Crippen molar-refractivity contribution in [3.8, 4) is 17.2 Å². The van der Waals surface area contributed by atoms with Crippen LogP contribution < -0.4 is 14.2 Å². The van der Waals surface area contributed by atoms with Crippen LogP contribution in [-0.4, -0.2) is 37.9 Å². The molecule has 36 heavy (non-hydrogen) atoms. The van der Waals surface area contributed by atoms with E-state index in [-0.39, 0.29) is 29.9 Å². The van der Waals surface area contributed by atoms with Gasteiger partial charge in [-0.15, -0.1) is 0 Å². The van der Waals surface area contributed by atoms with Gasteiger partial charge in [0.1, 0.15) is 17.6 Å². The average molecular weight is 509 g/mol. The zero-order chi connectivity index (χ0) is 26.1. The number of hydrogen-bond acceptors (Lipinski definition) is 6. The van der Waals surface area contributed by atoms with E-state index in [9.17, 15) is 22.8 Å². The number of hydrogen-bond donors (Lipinski definition) is 0. The summed E-state index contributed by atoms with van der Waals surface area (Å²) in [6.07, 6.45) is 2.80. The summed E-state index contributed by atoms with van der Waals surface area (Å²) in [5, 5.41) is 0. The molecule has 0 unspecified atom stereocenters. The number of ether oxygens (including phenoxy) is 4. The van der Waals surface area contributed by atoms with Gasteiger partial charge in [0.15, 0.2) is 17.7 Å².